The van der Waals surface area contributed by atoms with Gasteiger partial charge in [0.25, 0.3) is 5.91 Å². The monoisotopic (exact) mass is 385 g/mol. The number of carboxylic acid groups (broad SMARTS) is 1. The molecule has 3 rings (SSSR count). The van der Waals surface area contributed by atoms with Gasteiger partial charge >= 0.3 is 5.97 Å². The fourth-order valence-electron chi connectivity index (χ4n) is 2.76. The Morgan fingerprint density at radius 3 is 2.71 bits per heavy atom. The van der Waals surface area contributed by atoms with Crippen molar-refractivity contribution in [2.45, 2.75) is 25.2 Å². The maximum atomic E-state index is 13.3. The zero-order chi connectivity index (χ0) is 19.9. The molecule has 1 unspecified atom stereocenters. The Morgan fingerprint density at radius 1 is 1.21 bits per heavy atom. The van der Waals surface area contributed by atoms with E-state index in [1.807, 2.05) is 30.3 Å². The molecule has 2 N–H and O–H groups in total. The second-order valence-electron chi connectivity index (χ2n) is 6.32. The lowest BCUT2D eigenvalue weighted by atomic mass is 10.1. The van der Waals surface area contributed by atoms with E-state index >= 15 is 0 Å². The molecule has 0 radical (unpaired) electrons. The Labute approximate surface area is 161 Å². The number of nitrogens with one attached hydrogen (secondary N) is 1. The van der Waals surface area contributed by atoms with Crippen LogP contribution in [0.5, 0.6) is 0 Å². The molecule has 2 aromatic carbocycles. The number of aliphatic carboxylic acids is 1. The smallest absolute Gasteiger partial charge is 0.328 e. The third-order valence-electron chi connectivity index (χ3n) is 4.20. The highest BCUT2D eigenvalue weighted by molar-refractivity contribution is 5.88. The molecule has 0 saturated carbocycles. The molecule has 1 heterocycles. The Morgan fingerprint density at radius 2 is 2.00 bits per heavy atom. The molecule has 1 aliphatic heterocycles. The van der Waals surface area contributed by atoms with Crippen molar-refractivity contribution >= 4 is 17.6 Å². The van der Waals surface area contributed by atoms with Gasteiger partial charge in [0, 0.05) is 12.0 Å². The Hall–Kier alpha value is -3.19. The molecule has 0 aliphatic carbocycles. The van der Waals surface area contributed by atoms with Crippen molar-refractivity contribution in [2.75, 3.05) is 6.61 Å². The summed E-state index contributed by atoms with van der Waals surface area (Å²) in [5.41, 5.74) is 1.43. The standard InChI is InChI=1S/C21H20FNO5/c22-16-8-4-7-15(11-16)18-9-10-19(28-18)20(24)23-17(21(25)26)13-27-12-14-5-2-1-3-6-14/h1-9,11,17,19H,10,12-13H2,(H,23,24)(H,25,26)/t17-,19?/m0/s1. The summed E-state index contributed by atoms with van der Waals surface area (Å²) in [5, 5.41) is 11.8. The van der Waals surface area contributed by atoms with E-state index in [9.17, 15) is 19.1 Å². The highest BCUT2D eigenvalue weighted by atomic mass is 19.1. The van der Waals surface area contributed by atoms with Crippen molar-refractivity contribution in [3.8, 4) is 0 Å². The first-order chi connectivity index (χ1) is 13.5. The molecule has 2 aromatic rings. The van der Waals surface area contributed by atoms with Crippen LogP contribution in [-0.4, -0.2) is 35.7 Å². The number of ether oxygens (including phenoxy) is 2. The zero-order valence-electron chi connectivity index (χ0n) is 15.0. The number of hydrogen-bond acceptors (Lipinski definition) is 4. The van der Waals surface area contributed by atoms with Crippen molar-refractivity contribution in [3.63, 3.8) is 0 Å². The summed E-state index contributed by atoms with van der Waals surface area (Å²) in [6.45, 7) is 0.0680. The summed E-state index contributed by atoms with van der Waals surface area (Å²) in [5.74, 6) is -1.76. The van der Waals surface area contributed by atoms with Crippen LogP contribution in [0.2, 0.25) is 0 Å². The van der Waals surface area contributed by atoms with E-state index in [2.05, 4.69) is 5.32 Å². The van der Waals surface area contributed by atoms with Gasteiger partial charge in [-0.15, -0.1) is 0 Å². The Balaban J connectivity index is 1.51. The minimum absolute atomic E-state index is 0.174. The maximum absolute atomic E-state index is 13.3. The molecule has 1 aliphatic rings. The second kappa shape index (κ2) is 9.14. The van der Waals surface area contributed by atoms with Gasteiger partial charge in [-0.25, -0.2) is 9.18 Å². The van der Waals surface area contributed by atoms with Crippen molar-refractivity contribution in [1.82, 2.24) is 5.32 Å². The highest BCUT2D eigenvalue weighted by Crippen LogP contribution is 2.26. The lowest BCUT2D eigenvalue weighted by Gasteiger charge is -2.18. The van der Waals surface area contributed by atoms with Gasteiger partial charge in [0.05, 0.1) is 13.2 Å². The molecule has 0 bridgehead atoms. The topological polar surface area (TPSA) is 84.9 Å². The van der Waals surface area contributed by atoms with Crippen molar-refractivity contribution < 1.29 is 28.6 Å². The van der Waals surface area contributed by atoms with Crippen LogP contribution in [0.15, 0.2) is 60.7 Å². The van der Waals surface area contributed by atoms with Crippen molar-refractivity contribution in [2.24, 2.45) is 0 Å². The van der Waals surface area contributed by atoms with Crippen LogP contribution < -0.4 is 5.32 Å². The number of halogens is 1. The number of benzene rings is 2. The number of carbonyl (C=O) groups is 2. The van der Waals surface area contributed by atoms with Crippen LogP contribution in [0.1, 0.15) is 17.5 Å². The predicted molar refractivity (Wildman–Crippen MR) is 99.5 cm³/mol. The summed E-state index contributed by atoms with van der Waals surface area (Å²) in [4.78, 5) is 23.8. The van der Waals surface area contributed by atoms with Crippen LogP contribution >= 0.6 is 0 Å². The third-order valence-corrected chi connectivity index (χ3v) is 4.20. The maximum Gasteiger partial charge on any atom is 0.328 e. The van der Waals surface area contributed by atoms with E-state index in [4.69, 9.17) is 9.47 Å². The summed E-state index contributed by atoms with van der Waals surface area (Å²) in [6, 6.07) is 14.0. The van der Waals surface area contributed by atoms with Gasteiger partial charge in [0.15, 0.2) is 12.1 Å². The van der Waals surface area contributed by atoms with Crippen LogP contribution in [0.25, 0.3) is 5.76 Å². The number of carbonyl (C=O) groups excluding carboxylic acids is 1. The largest absolute Gasteiger partial charge is 0.480 e. The molecule has 6 nitrogen and oxygen atoms in total. The minimum atomic E-state index is -1.20. The van der Waals surface area contributed by atoms with Gasteiger partial charge in [0.1, 0.15) is 11.6 Å². The molecule has 0 saturated heterocycles. The molecule has 146 valence electrons. The minimum Gasteiger partial charge on any atom is -0.480 e. The Bertz CT molecular complexity index is 868. The zero-order valence-corrected chi connectivity index (χ0v) is 15.0. The van der Waals surface area contributed by atoms with E-state index in [-0.39, 0.29) is 19.6 Å². The van der Waals surface area contributed by atoms with Crippen LogP contribution in [-0.2, 0) is 25.7 Å². The molecular weight excluding hydrogens is 365 g/mol. The summed E-state index contributed by atoms with van der Waals surface area (Å²) >= 11 is 0. The van der Waals surface area contributed by atoms with Crippen LogP contribution in [0.3, 0.4) is 0 Å². The molecular formula is C21H20FNO5. The number of carboxylic acids is 1. The quantitative estimate of drug-likeness (QED) is 0.730. The lowest BCUT2D eigenvalue weighted by Crippen LogP contribution is -2.47. The highest BCUT2D eigenvalue weighted by Gasteiger charge is 2.30. The van der Waals surface area contributed by atoms with Crippen molar-refractivity contribution in [1.29, 1.82) is 0 Å². The molecule has 7 heteroatoms. The van der Waals surface area contributed by atoms with Gasteiger partial charge in [-0.05, 0) is 23.8 Å². The van der Waals surface area contributed by atoms with Gasteiger partial charge in [-0.2, -0.15) is 0 Å². The van der Waals surface area contributed by atoms with Crippen LogP contribution in [0, 0.1) is 5.82 Å². The average Bonchev–Trinajstić information content (AvgIpc) is 3.18. The number of rotatable bonds is 8. The normalized spacial score (nSPS) is 16.8. The second-order valence-corrected chi connectivity index (χ2v) is 6.32. The van der Waals surface area contributed by atoms with Crippen LogP contribution in [0.4, 0.5) is 4.39 Å². The van der Waals surface area contributed by atoms with E-state index < -0.39 is 29.8 Å². The average molecular weight is 385 g/mol. The summed E-state index contributed by atoms with van der Waals surface area (Å²) in [6.07, 6.45) is 1.09. The fourth-order valence-corrected chi connectivity index (χ4v) is 2.76. The molecule has 0 fully saturated rings. The first-order valence-electron chi connectivity index (χ1n) is 8.80. The van der Waals surface area contributed by atoms with E-state index in [0.29, 0.717) is 11.3 Å². The third kappa shape index (κ3) is 5.17. The van der Waals surface area contributed by atoms with Gasteiger partial charge in [0.2, 0.25) is 0 Å². The SMILES string of the molecule is O=C(N[C@@H](COCc1ccccc1)C(=O)O)C1CC=C(c2cccc(F)c2)O1. The van der Waals surface area contributed by atoms with Crippen molar-refractivity contribution in [3.05, 3.63) is 77.6 Å². The van der Waals surface area contributed by atoms with Gasteiger partial charge in [-0.1, -0.05) is 42.5 Å². The first kappa shape index (κ1) is 19.6. The molecule has 0 aromatic heterocycles. The van der Waals surface area contributed by atoms with E-state index in [0.717, 1.165) is 5.56 Å². The summed E-state index contributed by atoms with van der Waals surface area (Å²) < 4.78 is 24.3. The fraction of sp³-hybridized carbons (Fsp3) is 0.238. The Kier molecular flexibility index (Phi) is 6.39. The molecule has 2 atom stereocenters. The van der Waals surface area contributed by atoms with Gasteiger partial charge < -0.3 is 19.9 Å². The molecule has 0 spiro atoms. The number of amides is 1. The number of hydrogen-bond donors (Lipinski definition) is 2. The van der Waals surface area contributed by atoms with Gasteiger partial charge in [-0.3, -0.25) is 4.79 Å². The van der Waals surface area contributed by atoms with E-state index in [1.165, 1.54) is 12.1 Å². The molecule has 1 amide bonds. The predicted octanol–water partition coefficient (Wildman–Crippen LogP) is 2.74. The first-order valence-corrected chi connectivity index (χ1v) is 8.80. The molecule has 28 heavy (non-hydrogen) atoms. The van der Waals surface area contributed by atoms with E-state index in [1.54, 1.807) is 18.2 Å². The summed E-state index contributed by atoms with van der Waals surface area (Å²) in [7, 11) is 0. The lowest BCUT2D eigenvalue weighted by molar-refractivity contribution is -0.145.